The number of aliphatic hydroxyl groups excluding tert-OH is 1. The second-order valence-corrected chi connectivity index (χ2v) is 5.58. The van der Waals surface area contributed by atoms with Crippen molar-refractivity contribution in [2.24, 2.45) is 0 Å². The number of hydrogen-bond acceptors (Lipinski definition) is 4. The Bertz CT molecular complexity index is 807. The molecule has 0 saturated carbocycles. The van der Waals surface area contributed by atoms with Crippen molar-refractivity contribution in [1.29, 1.82) is 0 Å². The third kappa shape index (κ3) is 3.67. The van der Waals surface area contributed by atoms with E-state index in [-0.39, 0.29) is 0 Å². The van der Waals surface area contributed by atoms with Crippen molar-refractivity contribution in [3.05, 3.63) is 80.6 Å². The molecule has 0 spiro atoms. The summed E-state index contributed by atoms with van der Waals surface area (Å²) in [6.07, 6.45) is 2.98. The van der Waals surface area contributed by atoms with E-state index in [0.717, 1.165) is 11.1 Å². The summed E-state index contributed by atoms with van der Waals surface area (Å²) in [5.41, 5.74) is 1.05. The van der Waals surface area contributed by atoms with Crippen molar-refractivity contribution >= 4 is 0 Å². The van der Waals surface area contributed by atoms with Crippen LogP contribution in [0.5, 0.6) is 0 Å². The van der Waals surface area contributed by atoms with Gasteiger partial charge >= 0.3 is 5.69 Å². The van der Waals surface area contributed by atoms with Crippen LogP contribution in [0.2, 0.25) is 0 Å². The fourth-order valence-corrected chi connectivity index (χ4v) is 2.72. The summed E-state index contributed by atoms with van der Waals surface area (Å²) in [6.45, 7) is 0.901. The smallest absolute Gasteiger partial charge is 0.328 e. The molecule has 0 bridgehead atoms. The summed E-state index contributed by atoms with van der Waals surface area (Å²) in [5.74, 6) is 0. The summed E-state index contributed by atoms with van der Waals surface area (Å²) < 4.78 is 6.99. The first-order valence-electron chi connectivity index (χ1n) is 7.44. The van der Waals surface area contributed by atoms with Gasteiger partial charge in [0, 0.05) is 12.3 Å². The van der Waals surface area contributed by atoms with Crippen molar-refractivity contribution < 1.29 is 9.84 Å². The third-order valence-electron chi connectivity index (χ3n) is 3.84. The molecule has 120 valence electrons. The van der Waals surface area contributed by atoms with Crippen LogP contribution in [-0.2, 0) is 11.3 Å². The van der Waals surface area contributed by atoms with E-state index in [1.165, 1.54) is 16.8 Å². The standard InChI is InChI=1S/C17H18N2O4/c20-15-9-13(11-23-10-12-4-2-1-3-5-12)8-14(15)19-7-6-16(21)18-17(19)22/h1-8,14-15,20H,9-11H2,(H,18,21,22)/t14-,15+/m1/s1. The molecule has 1 heterocycles. The molecule has 0 fully saturated rings. The average molecular weight is 314 g/mol. The molecule has 0 radical (unpaired) electrons. The molecular weight excluding hydrogens is 296 g/mol. The van der Waals surface area contributed by atoms with Crippen LogP contribution in [-0.4, -0.2) is 27.4 Å². The van der Waals surface area contributed by atoms with Crippen LogP contribution in [0.3, 0.4) is 0 Å². The van der Waals surface area contributed by atoms with Gasteiger partial charge in [0.1, 0.15) is 0 Å². The highest BCUT2D eigenvalue weighted by atomic mass is 16.5. The van der Waals surface area contributed by atoms with Crippen LogP contribution >= 0.6 is 0 Å². The van der Waals surface area contributed by atoms with E-state index in [4.69, 9.17) is 4.74 Å². The number of hydrogen-bond donors (Lipinski definition) is 2. The fourth-order valence-electron chi connectivity index (χ4n) is 2.72. The van der Waals surface area contributed by atoms with Gasteiger partial charge in [-0.2, -0.15) is 0 Å². The van der Waals surface area contributed by atoms with E-state index in [9.17, 15) is 14.7 Å². The van der Waals surface area contributed by atoms with Crippen molar-refractivity contribution in [2.75, 3.05) is 6.61 Å². The summed E-state index contributed by atoms with van der Waals surface area (Å²) in [5, 5.41) is 10.2. The van der Waals surface area contributed by atoms with E-state index in [2.05, 4.69) is 4.98 Å². The lowest BCUT2D eigenvalue weighted by atomic mass is 10.2. The minimum atomic E-state index is -0.700. The van der Waals surface area contributed by atoms with E-state index in [1.807, 2.05) is 36.4 Å². The average Bonchev–Trinajstić information content (AvgIpc) is 2.89. The van der Waals surface area contributed by atoms with Gasteiger partial charge in [-0.25, -0.2) is 4.79 Å². The third-order valence-corrected chi connectivity index (χ3v) is 3.84. The van der Waals surface area contributed by atoms with Gasteiger partial charge in [-0.1, -0.05) is 36.4 Å². The zero-order valence-corrected chi connectivity index (χ0v) is 12.5. The van der Waals surface area contributed by atoms with Crippen molar-refractivity contribution in [3.8, 4) is 0 Å². The fraction of sp³-hybridized carbons (Fsp3) is 0.294. The second kappa shape index (κ2) is 6.76. The molecule has 1 aliphatic rings. The van der Waals surface area contributed by atoms with Gasteiger partial charge in [-0.3, -0.25) is 14.3 Å². The Morgan fingerprint density at radius 1 is 1.17 bits per heavy atom. The van der Waals surface area contributed by atoms with Crippen molar-refractivity contribution in [2.45, 2.75) is 25.2 Å². The summed E-state index contributed by atoms with van der Waals surface area (Å²) >= 11 is 0. The monoisotopic (exact) mass is 314 g/mol. The number of nitrogens with one attached hydrogen (secondary N) is 1. The number of aromatic nitrogens is 2. The molecule has 1 aromatic carbocycles. The molecular formula is C17H18N2O4. The van der Waals surface area contributed by atoms with Gasteiger partial charge in [0.25, 0.3) is 5.56 Å². The van der Waals surface area contributed by atoms with Gasteiger partial charge in [-0.05, 0) is 17.6 Å². The van der Waals surface area contributed by atoms with Gasteiger partial charge in [0.05, 0.1) is 25.4 Å². The first-order valence-corrected chi connectivity index (χ1v) is 7.44. The van der Waals surface area contributed by atoms with Gasteiger partial charge < -0.3 is 9.84 Å². The topological polar surface area (TPSA) is 84.3 Å². The first kappa shape index (κ1) is 15.5. The quantitative estimate of drug-likeness (QED) is 0.806. The summed E-state index contributed by atoms with van der Waals surface area (Å²) in [6, 6.07) is 10.6. The predicted octanol–water partition coefficient (Wildman–Crippen LogP) is 0.985. The highest BCUT2D eigenvalue weighted by Gasteiger charge is 2.27. The van der Waals surface area contributed by atoms with Crippen LogP contribution in [0.25, 0.3) is 0 Å². The van der Waals surface area contributed by atoms with Gasteiger partial charge in [-0.15, -0.1) is 0 Å². The zero-order valence-electron chi connectivity index (χ0n) is 12.5. The van der Waals surface area contributed by atoms with Crippen molar-refractivity contribution in [1.82, 2.24) is 9.55 Å². The van der Waals surface area contributed by atoms with Crippen LogP contribution in [0.15, 0.2) is 63.8 Å². The largest absolute Gasteiger partial charge is 0.390 e. The number of nitrogens with zero attached hydrogens (tertiary/aromatic N) is 1. The number of aromatic amines is 1. The van der Waals surface area contributed by atoms with E-state index in [1.54, 1.807) is 0 Å². The molecule has 2 N–H and O–H groups in total. The maximum Gasteiger partial charge on any atom is 0.328 e. The van der Waals surface area contributed by atoms with Crippen LogP contribution < -0.4 is 11.2 Å². The van der Waals surface area contributed by atoms with E-state index >= 15 is 0 Å². The summed E-state index contributed by atoms with van der Waals surface area (Å²) in [7, 11) is 0. The minimum absolute atomic E-state index is 0.403. The predicted molar refractivity (Wildman–Crippen MR) is 85.2 cm³/mol. The number of benzene rings is 1. The van der Waals surface area contributed by atoms with Crippen LogP contribution in [0.4, 0.5) is 0 Å². The molecule has 2 atom stereocenters. The Balaban J connectivity index is 1.65. The molecule has 2 aromatic rings. The van der Waals surface area contributed by atoms with Crippen molar-refractivity contribution in [3.63, 3.8) is 0 Å². The Labute approximate surface area is 132 Å². The Morgan fingerprint density at radius 3 is 2.70 bits per heavy atom. The number of rotatable bonds is 5. The molecule has 6 nitrogen and oxygen atoms in total. The summed E-state index contributed by atoms with van der Waals surface area (Å²) in [4.78, 5) is 25.1. The van der Waals surface area contributed by atoms with E-state index < -0.39 is 23.4 Å². The zero-order chi connectivity index (χ0) is 16.2. The van der Waals surface area contributed by atoms with E-state index in [0.29, 0.717) is 19.6 Å². The lowest BCUT2D eigenvalue weighted by molar-refractivity contribution is 0.124. The number of ether oxygens (including phenoxy) is 1. The molecule has 3 rings (SSSR count). The molecule has 0 amide bonds. The highest BCUT2D eigenvalue weighted by molar-refractivity contribution is 5.18. The Hall–Kier alpha value is -2.44. The van der Waals surface area contributed by atoms with Crippen LogP contribution in [0, 0.1) is 0 Å². The SMILES string of the molecule is O=c1ccn([C@@H]2C=C(COCc3ccccc3)C[C@@H]2O)c(=O)[nH]1. The van der Waals surface area contributed by atoms with Gasteiger partial charge in [0.2, 0.25) is 0 Å². The second-order valence-electron chi connectivity index (χ2n) is 5.58. The van der Waals surface area contributed by atoms with Crippen LogP contribution in [0.1, 0.15) is 18.0 Å². The Morgan fingerprint density at radius 2 is 1.96 bits per heavy atom. The molecule has 6 heteroatoms. The lowest BCUT2D eigenvalue weighted by Gasteiger charge is -2.15. The first-order chi connectivity index (χ1) is 11.1. The molecule has 23 heavy (non-hydrogen) atoms. The highest BCUT2D eigenvalue weighted by Crippen LogP contribution is 2.27. The molecule has 1 aliphatic carbocycles. The number of aliphatic hydroxyl groups is 1. The molecule has 1 aromatic heterocycles. The maximum absolute atomic E-state index is 11.8. The van der Waals surface area contributed by atoms with Gasteiger partial charge in [0.15, 0.2) is 0 Å². The maximum atomic E-state index is 11.8. The number of H-pyrrole nitrogens is 1. The molecule has 0 saturated heterocycles. The molecule has 0 aliphatic heterocycles. The minimum Gasteiger partial charge on any atom is -0.390 e. The Kier molecular flexibility index (Phi) is 4.55. The molecule has 0 unspecified atom stereocenters. The normalized spacial score (nSPS) is 20.5. The lowest BCUT2D eigenvalue weighted by Crippen LogP contribution is -2.34.